The van der Waals surface area contributed by atoms with E-state index in [2.05, 4.69) is 5.32 Å². The number of carbonyl (C=O) groups is 1. The van der Waals surface area contributed by atoms with Crippen molar-refractivity contribution >= 4 is 5.97 Å². The Balaban J connectivity index is 2.67. The van der Waals surface area contributed by atoms with Gasteiger partial charge in [-0.3, -0.25) is 4.79 Å². The van der Waals surface area contributed by atoms with Crippen molar-refractivity contribution in [1.29, 1.82) is 0 Å². The SMILES string of the molecule is CN[C@@H](Cc1ccc(CN)cc1)C(=O)O. The summed E-state index contributed by atoms with van der Waals surface area (Å²) < 4.78 is 0. The highest BCUT2D eigenvalue weighted by molar-refractivity contribution is 5.73. The van der Waals surface area contributed by atoms with Gasteiger partial charge in [0.2, 0.25) is 0 Å². The molecule has 0 aliphatic heterocycles. The van der Waals surface area contributed by atoms with Crippen molar-refractivity contribution in [1.82, 2.24) is 5.32 Å². The lowest BCUT2D eigenvalue weighted by Gasteiger charge is -2.11. The molecule has 0 unspecified atom stereocenters. The summed E-state index contributed by atoms with van der Waals surface area (Å²) in [7, 11) is 1.65. The first-order chi connectivity index (χ1) is 7.17. The van der Waals surface area contributed by atoms with Gasteiger partial charge < -0.3 is 16.2 Å². The number of hydrogen-bond acceptors (Lipinski definition) is 3. The molecule has 0 amide bonds. The maximum absolute atomic E-state index is 10.8. The summed E-state index contributed by atoms with van der Waals surface area (Å²) >= 11 is 0. The van der Waals surface area contributed by atoms with Gasteiger partial charge in [-0.25, -0.2) is 0 Å². The van der Waals surface area contributed by atoms with Crippen LogP contribution in [0.4, 0.5) is 0 Å². The minimum Gasteiger partial charge on any atom is -0.480 e. The van der Waals surface area contributed by atoms with Gasteiger partial charge in [0.15, 0.2) is 0 Å². The van der Waals surface area contributed by atoms with E-state index in [1.54, 1.807) is 7.05 Å². The van der Waals surface area contributed by atoms with Gasteiger partial charge in [-0.15, -0.1) is 0 Å². The molecule has 1 rings (SSSR count). The zero-order valence-electron chi connectivity index (χ0n) is 8.73. The molecular formula is C11H16N2O2. The number of carboxylic acid groups (broad SMARTS) is 1. The normalized spacial score (nSPS) is 12.4. The first kappa shape index (κ1) is 11.7. The van der Waals surface area contributed by atoms with Crippen LogP contribution in [0.25, 0.3) is 0 Å². The molecule has 15 heavy (non-hydrogen) atoms. The number of hydrogen-bond donors (Lipinski definition) is 3. The van der Waals surface area contributed by atoms with Gasteiger partial charge in [0, 0.05) is 6.54 Å². The molecule has 0 aromatic heterocycles. The third kappa shape index (κ3) is 3.34. The van der Waals surface area contributed by atoms with Crippen LogP contribution in [-0.4, -0.2) is 24.2 Å². The van der Waals surface area contributed by atoms with E-state index in [-0.39, 0.29) is 0 Å². The van der Waals surface area contributed by atoms with Gasteiger partial charge in [0.05, 0.1) is 0 Å². The Morgan fingerprint density at radius 3 is 2.33 bits per heavy atom. The van der Waals surface area contributed by atoms with Crippen LogP contribution >= 0.6 is 0 Å². The average molecular weight is 208 g/mol. The van der Waals surface area contributed by atoms with Crippen molar-refractivity contribution in [2.24, 2.45) is 5.73 Å². The van der Waals surface area contributed by atoms with Gasteiger partial charge in [0.1, 0.15) is 6.04 Å². The molecule has 4 nitrogen and oxygen atoms in total. The average Bonchev–Trinajstić information content (AvgIpc) is 2.26. The molecule has 1 aromatic rings. The molecule has 0 saturated carbocycles. The standard InChI is InChI=1S/C11H16N2O2/c1-13-10(11(14)15)6-8-2-4-9(7-12)5-3-8/h2-5,10,13H,6-7,12H2,1H3,(H,14,15)/t10-/m0/s1. The van der Waals surface area contributed by atoms with Crippen molar-refractivity contribution in [3.05, 3.63) is 35.4 Å². The molecule has 4 heteroatoms. The van der Waals surface area contributed by atoms with Gasteiger partial charge in [0.25, 0.3) is 0 Å². The number of nitrogens with one attached hydrogen (secondary N) is 1. The van der Waals surface area contributed by atoms with Crippen molar-refractivity contribution in [3.8, 4) is 0 Å². The summed E-state index contributed by atoms with van der Waals surface area (Å²) in [4.78, 5) is 10.8. The zero-order chi connectivity index (χ0) is 11.3. The van der Waals surface area contributed by atoms with Crippen LogP contribution in [0, 0.1) is 0 Å². The van der Waals surface area contributed by atoms with Gasteiger partial charge in [-0.2, -0.15) is 0 Å². The maximum atomic E-state index is 10.8. The van der Waals surface area contributed by atoms with E-state index in [1.165, 1.54) is 0 Å². The summed E-state index contributed by atoms with van der Waals surface area (Å²) in [5.41, 5.74) is 7.51. The number of aliphatic carboxylic acids is 1. The highest BCUT2D eigenvalue weighted by Gasteiger charge is 2.14. The smallest absolute Gasteiger partial charge is 0.321 e. The molecule has 0 fully saturated rings. The first-order valence-electron chi connectivity index (χ1n) is 4.85. The highest BCUT2D eigenvalue weighted by atomic mass is 16.4. The fourth-order valence-electron chi connectivity index (χ4n) is 1.36. The Bertz CT molecular complexity index is 322. The summed E-state index contributed by atoms with van der Waals surface area (Å²) in [6.45, 7) is 0.509. The largest absolute Gasteiger partial charge is 0.480 e. The molecule has 0 spiro atoms. The molecule has 0 saturated heterocycles. The zero-order valence-corrected chi connectivity index (χ0v) is 8.73. The van der Waals surface area contributed by atoms with Crippen molar-refractivity contribution < 1.29 is 9.90 Å². The van der Waals surface area contributed by atoms with Gasteiger partial charge in [-0.05, 0) is 24.6 Å². The summed E-state index contributed by atoms with van der Waals surface area (Å²) in [6.07, 6.45) is 0.483. The Hall–Kier alpha value is -1.39. The summed E-state index contributed by atoms with van der Waals surface area (Å²) in [5.74, 6) is -0.833. The van der Waals surface area contributed by atoms with E-state index in [0.29, 0.717) is 13.0 Å². The van der Waals surface area contributed by atoms with Crippen molar-refractivity contribution in [2.45, 2.75) is 19.0 Å². The second kappa shape index (κ2) is 5.48. The third-order valence-electron chi connectivity index (χ3n) is 2.35. The lowest BCUT2D eigenvalue weighted by atomic mass is 10.0. The molecule has 82 valence electrons. The molecule has 0 radical (unpaired) electrons. The van der Waals surface area contributed by atoms with Crippen LogP contribution < -0.4 is 11.1 Å². The number of likely N-dealkylation sites (N-methyl/N-ethyl adjacent to an activating group) is 1. The third-order valence-corrected chi connectivity index (χ3v) is 2.35. The Kier molecular flexibility index (Phi) is 4.27. The molecular weight excluding hydrogens is 192 g/mol. The number of benzene rings is 1. The van der Waals surface area contributed by atoms with E-state index in [1.807, 2.05) is 24.3 Å². The Morgan fingerprint density at radius 2 is 1.93 bits per heavy atom. The maximum Gasteiger partial charge on any atom is 0.321 e. The number of carboxylic acids is 1. The van der Waals surface area contributed by atoms with E-state index in [4.69, 9.17) is 10.8 Å². The van der Waals surface area contributed by atoms with Crippen LogP contribution in [0.1, 0.15) is 11.1 Å². The highest BCUT2D eigenvalue weighted by Crippen LogP contribution is 2.06. The van der Waals surface area contributed by atoms with Crippen LogP contribution in [0.2, 0.25) is 0 Å². The summed E-state index contributed by atoms with van der Waals surface area (Å²) in [6, 6.07) is 7.13. The van der Waals surface area contributed by atoms with E-state index < -0.39 is 12.0 Å². The van der Waals surface area contributed by atoms with E-state index in [9.17, 15) is 4.79 Å². The predicted octanol–water partition coefficient (Wildman–Crippen LogP) is 0.360. The molecule has 0 aliphatic rings. The fraction of sp³-hybridized carbons (Fsp3) is 0.364. The molecule has 0 heterocycles. The number of nitrogens with two attached hydrogens (primary N) is 1. The van der Waals surface area contributed by atoms with Crippen molar-refractivity contribution in [2.75, 3.05) is 7.05 Å². The van der Waals surface area contributed by atoms with Crippen LogP contribution in [0.15, 0.2) is 24.3 Å². The predicted molar refractivity (Wildman–Crippen MR) is 58.5 cm³/mol. The molecule has 0 bridgehead atoms. The van der Waals surface area contributed by atoms with E-state index in [0.717, 1.165) is 11.1 Å². The number of rotatable bonds is 5. The Morgan fingerprint density at radius 1 is 1.40 bits per heavy atom. The van der Waals surface area contributed by atoms with Crippen LogP contribution in [0.3, 0.4) is 0 Å². The molecule has 1 aromatic carbocycles. The second-order valence-corrected chi connectivity index (χ2v) is 3.40. The lowest BCUT2D eigenvalue weighted by molar-refractivity contribution is -0.139. The van der Waals surface area contributed by atoms with Crippen LogP contribution in [-0.2, 0) is 17.8 Å². The first-order valence-corrected chi connectivity index (χ1v) is 4.85. The van der Waals surface area contributed by atoms with E-state index >= 15 is 0 Å². The monoisotopic (exact) mass is 208 g/mol. The lowest BCUT2D eigenvalue weighted by Crippen LogP contribution is -2.35. The fourth-order valence-corrected chi connectivity index (χ4v) is 1.36. The quantitative estimate of drug-likeness (QED) is 0.653. The minimum atomic E-state index is -0.833. The van der Waals surface area contributed by atoms with Crippen LogP contribution in [0.5, 0.6) is 0 Å². The van der Waals surface area contributed by atoms with Crippen molar-refractivity contribution in [3.63, 3.8) is 0 Å². The molecule has 1 atom stereocenters. The van der Waals surface area contributed by atoms with Gasteiger partial charge in [-0.1, -0.05) is 24.3 Å². The minimum absolute atomic E-state index is 0.483. The second-order valence-electron chi connectivity index (χ2n) is 3.40. The molecule has 4 N–H and O–H groups in total. The summed E-state index contributed by atoms with van der Waals surface area (Å²) in [5, 5.41) is 11.6. The topological polar surface area (TPSA) is 75.3 Å². The Labute approximate surface area is 89.1 Å². The van der Waals surface area contributed by atoms with Gasteiger partial charge >= 0.3 is 5.97 Å². The molecule has 0 aliphatic carbocycles.